The number of thiocarbonyl (C=S) groups is 1. The summed E-state index contributed by atoms with van der Waals surface area (Å²) in [5.41, 5.74) is 2.35. The van der Waals surface area contributed by atoms with Gasteiger partial charge in [0, 0.05) is 18.8 Å². The normalized spacial score (nSPS) is 20.1. The van der Waals surface area contributed by atoms with Crippen LogP contribution in [-0.2, 0) is 0 Å². The highest BCUT2D eigenvalue weighted by molar-refractivity contribution is 7.80. The molecule has 1 fully saturated rings. The van der Waals surface area contributed by atoms with Crippen LogP contribution in [0.1, 0.15) is 25.3 Å². The molecule has 2 nitrogen and oxygen atoms in total. The number of hydrogen-bond acceptors (Lipinski definition) is 1. The Hall–Kier alpha value is -1.09. The molecule has 1 heterocycles. The van der Waals surface area contributed by atoms with Gasteiger partial charge in [0.05, 0.1) is 0 Å². The molecule has 1 aromatic rings. The first-order valence-corrected chi connectivity index (χ1v) is 6.68. The Labute approximate surface area is 109 Å². The maximum atomic E-state index is 5.47. The average Bonchev–Trinajstić information content (AvgIpc) is 2.29. The molecule has 1 aliphatic heterocycles. The molecule has 0 amide bonds. The summed E-state index contributed by atoms with van der Waals surface area (Å²) >= 11 is 5.47. The monoisotopic (exact) mass is 248 g/mol. The SMILES string of the molecule is Cc1cccc(NC(=S)N2CCC[C@H](C)C2)c1. The molecule has 0 saturated carbocycles. The molecule has 0 radical (unpaired) electrons. The molecule has 0 unspecified atom stereocenters. The summed E-state index contributed by atoms with van der Waals surface area (Å²) in [5.74, 6) is 0.751. The van der Waals surface area contributed by atoms with Crippen LogP contribution in [0.5, 0.6) is 0 Å². The molecule has 2 rings (SSSR count). The minimum atomic E-state index is 0.751. The fourth-order valence-electron chi connectivity index (χ4n) is 2.30. The number of likely N-dealkylation sites (tertiary alicyclic amines) is 1. The van der Waals surface area contributed by atoms with Gasteiger partial charge in [-0.1, -0.05) is 19.1 Å². The highest BCUT2D eigenvalue weighted by Gasteiger charge is 2.18. The van der Waals surface area contributed by atoms with E-state index >= 15 is 0 Å². The van der Waals surface area contributed by atoms with Crippen LogP contribution in [0.25, 0.3) is 0 Å². The highest BCUT2D eigenvalue weighted by Crippen LogP contribution is 2.17. The predicted octanol–water partition coefficient (Wildman–Crippen LogP) is 3.42. The Morgan fingerprint density at radius 1 is 1.47 bits per heavy atom. The molecule has 1 saturated heterocycles. The van der Waals surface area contributed by atoms with E-state index in [-0.39, 0.29) is 0 Å². The molecule has 1 aliphatic rings. The molecular formula is C14H20N2S. The summed E-state index contributed by atoms with van der Waals surface area (Å²) in [6.07, 6.45) is 2.57. The fraction of sp³-hybridized carbons (Fsp3) is 0.500. The van der Waals surface area contributed by atoms with Crippen molar-refractivity contribution < 1.29 is 0 Å². The molecule has 3 heteroatoms. The van der Waals surface area contributed by atoms with Gasteiger partial charge >= 0.3 is 0 Å². The number of benzene rings is 1. The Morgan fingerprint density at radius 2 is 2.29 bits per heavy atom. The minimum Gasteiger partial charge on any atom is -0.349 e. The van der Waals surface area contributed by atoms with Gasteiger partial charge in [-0.2, -0.15) is 0 Å². The maximum Gasteiger partial charge on any atom is 0.173 e. The number of hydrogen-bond donors (Lipinski definition) is 1. The Morgan fingerprint density at radius 3 is 3.00 bits per heavy atom. The number of aryl methyl sites for hydroxylation is 1. The van der Waals surface area contributed by atoms with Crippen LogP contribution in [0, 0.1) is 12.8 Å². The molecule has 92 valence electrons. The third-order valence-corrected chi connectivity index (χ3v) is 3.57. The topological polar surface area (TPSA) is 15.3 Å². The summed E-state index contributed by atoms with van der Waals surface area (Å²) in [6.45, 7) is 6.55. The summed E-state index contributed by atoms with van der Waals surface area (Å²) in [5, 5.41) is 4.19. The lowest BCUT2D eigenvalue weighted by Gasteiger charge is -2.33. The molecule has 0 bridgehead atoms. The van der Waals surface area contributed by atoms with Crippen LogP contribution in [0.15, 0.2) is 24.3 Å². The van der Waals surface area contributed by atoms with Gasteiger partial charge in [0.25, 0.3) is 0 Å². The number of nitrogens with zero attached hydrogens (tertiary/aromatic N) is 1. The van der Waals surface area contributed by atoms with E-state index in [0.29, 0.717) is 0 Å². The zero-order valence-electron chi connectivity index (χ0n) is 10.6. The molecular weight excluding hydrogens is 228 g/mol. The number of rotatable bonds is 1. The van der Waals surface area contributed by atoms with Crippen molar-refractivity contribution in [2.24, 2.45) is 5.92 Å². The Bertz CT molecular complexity index is 403. The molecule has 1 atom stereocenters. The largest absolute Gasteiger partial charge is 0.349 e. The summed E-state index contributed by atoms with van der Waals surface area (Å²) < 4.78 is 0. The number of piperidine rings is 1. The molecule has 17 heavy (non-hydrogen) atoms. The minimum absolute atomic E-state index is 0.751. The van der Waals surface area contributed by atoms with Crippen LogP contribution in [0.3, 0.4) is 0 Å². The van der Waals surface area contributed by atoms with Gasteiger partial charge in [0.2, 0.25) is 0 Å². The van der Waals surface area contributed by atoms with Crippen LogP contribution >= 0.6 is 12.2 Å². The van der Waals surface area contributed by atoms with Gasteiger partial charge < -0.3 is 10.2 Å². The first-order valence-electron chi connectivity index (χ1n) is 6.28. The van der Waals surface area contributed by atoms with Crippen molar-refractivity contribution in [2.45, 2.75) is 26.7 Å². The standard InChI is InChI=1S/C14H20N2S/c1-11-5-3-7-13(9-11)15-14(17)16-8-4-6-12(2)10-16/h3,5,7,9,12H,4,6,8,10H2,1-2H3,(H,15,17)/t12-/m0/s1. The van der Waals surface area contributed by atoms with E-state index in [1.54, 1.807) is 0 Å². The van der Waals surface area contributed by atoms with Gasteiger partial charge in [-0.25, -0.2) is 0 Å². The van der Waals surface area contributed by atoms with Crippen molar-refractivity contribution in [2.75, 3.05) is 18.4 Å². The van der Waals surface area contributed by atoms with Gasteiger partial charge in [-0.15, -0.1) is 0 Å². The molecule has 0 aromatic heterocycles. The molecule has 0 aliphatic carbocycles. The van der Waals surface area contributed by atoms with Crippen LogP contribution < -0.4 is 5.32 Å². The van der Waals surface area contributed by atoms with E-state index in [2.05, 4.69) is 48.3 Å². The van der Waals surface area contributed by atoms with Crippen molar-refractivity contribution in [1.82, 2.24) is 4.90 Å². The third kappa shape index (κ3) is 3.43. The lowest BCUT2D eigenvalue weighted by Crippen LogP contribution is -2.41. The van der Waals surface area contributed by atoms with Gasteiger partial charge in [0.15, 0.2) is 5.11 Å². The summed E-state index contributed by atoms with van der Waals surface area (Å²) in [7, 11) is 0. The lowest BCUT2D eigenvalue weighted by atomic mass is 10.0. The van der Waals surface area contributed by atoms with Gasteiger partial charge in [-0.05, 0) is 55.6 Å². The van der Waals surface area contributed by atoms with E-state index in [0.717, 1.165) is 29.8 Å². The molecule has 0 spiro atoms. The average molecular weight is 248 g/mol. The van der Waals surface area contributed by atoms with Crippen molar-refractivity contribution in [3.8, 4) is 0 Å². The van der Waals surface area contributed by atoms with Crippen molar-refractivity contribution >= 4 is 23.0 Å². The van der Waals surface area contributed by atoms with E-state index < -0.39 is 0 Å². The second-order valence-electron chi connectivity index (χ2n) is 4.99. The van der Waals surface area contributed by atoms with Crippen molar-refractivity contribution in [1.29, 1.82) is 0 Å². The fourth-order valence-corrected chi connectivity index (χ4v) is 2.58. The zero-order chi connectivity index (χ0) is 12.3. The van der Waals surface area contributed by atoms with E-state index in [9.17, 15) is 0 Å². The number of anilines is 1. The van der Waals surface area contributed by atoms with E-state index in [1.807, 2.05) is 0 Å². The maximum absolute atomic E-state index is 5.47. The Kier molecular flexibility index (Phi) is 4.00. The van der Waals surface area contributed by atoms with Crippen LogP contribution in [-0.4, -0.2) is 23.1 Å². The van der Waals surface area contributed by atoms with Crippen molar-refractivity contribution in [3.63, 3.8) is 0 Å². The Balaban J connectivity index is 1.96. The zero-order valence-corrected chi connectivity index (χ0v) is 11.4. The summed E-state index contributed by atoms with van der Waals surface area (Å²) in [4.78, 5) is 2.28. The van der Waals surface area contributed by atoms with E-state index in [1.165, 1.54) is 18.4 Å². The van der Waals surface area contributed by atoms with Crippen LogP contribution in [0.4, 0.5) is 5.69 Å². The third-order valence-electron chi connectivity index (χ3n) is 3.21. The number of nitrogens with one attached hydrogen (secondary N) is 1. The quantitative estimate of drug-likeness (QED) is 0.767. The predicted molar refractivity (Wildman–Crippen MR) is 77.4 cm³/mol. The lowest BCUT2D eigenvalue weighted by molar-refractivity contribution is 0.276. The molecule has 1 N–H and O–H groups in total. The second-order valence-corrected chi connectivity index (χ2v) is 5.38. The first kappa shape index (κ1) is 12.4. The van der Waals surface area contributed by atoms with Crippen LogP contribution in [0.2, 0.25) is 0 Å². The molecule has 1 aromatic carbocycles. The van der Waals surface area contributed by atoms with Gasteiger partial charge in [0.1, 0.15) is 0 Å². The van der Waals surface area contributed by atoms with Crippen molar-refractivity contribution in [3.05, 3.63) is 29.8 Å². The highest BCUT2D eigenvalue weighted by atomic mass is 32.1. The first-order chi connectivity index (χ1) is 8.15. The van der Waals surface area contributed by atoms with Gasteiger partial charge in [-0.3, -0.25) is 0 Å². The summed E-state index contributed by atoms with van der Waals surface area (Å²) in [6, 6.07) is 8.34. The smallest absolute Gasteiger partial charge is 0.173 e. The van der Waals surface area contributed by atoms with E-state index in [4.69, 9.17) is 12.2 Å². The second kappa shape index (κ2) is 5.50.